The minimum atomic E-state index is -0.000668. The summed E-state index contributed by atoms with van der Waals surface area (Å²) in [6.07, 6.45) is 0.503. The molecule has 1 N–H and O–H groups in total. The standard InChI is InChI=1S/C13H16INO2/c1-15-12-8-17-7-11(12)13(16)6-9-2-4-10(14)5-3-9/h2-5,11-12,15H,6-8H2,1H3. The summed E-state index contributed by atoms with van der Waals surface area (Å²) in [5, 5.41) is 3.14. The smallest absolute Gasteiger partial charge is 0.144 e. The minimum Gasteiger partial charge on any atom is -0.379 e. The molecule has 2 unspecified atom stereocenters. The van der Waals surface area contributed by atoms with Crippen LogP contribution in [0.15, 0.2) is 24.3 Å². The molecule has 1 aromatic rings. The van der Waals surface area contributed by atoms with Gasteiger partial charge in [0.05, 0.1) is 19.1 Å². The average Bonchev–Trinajstić information content (AvgIpc) is 2.80. The summed E-state index contributed by atoms with van der Waals surface area (Å²) >= 11 is 2.26. The maximum atomic E-state index is 12.1. The molecule has 4 heteroatoms. The zero-order valence-corrected chi connectivity index (χ0v) is 11.9. The lowest BCUT2D eigenvalue weighted by Gasteiger charge is -2.15. The molecule has 0 radical (unpaired) electrons. The molecular formula is C13H16INO2. The molecule has 1 aliphatic rings. The van der Waals surface area contributed by atoms with Gasteiger partial charge >= 0.3 is 0 Å². The Morgan fingerprint density at radius 2 is 2.12 bits per heavy atom. The monoisotopic (exact) mass is 345 g/mol. The number of hydrogen-bond donors (Lipinski definition) is 1. The molecule has 17 heavy (non-hydrogen) atoms. The molecule has 92 valence electrons. The van der Waals surface area contributed by atoms with Crippen molar-refractivity contribution in [3.63, 3.8) is 0 Å². The van der Waals surface area contributed by atoms with Gasteiger partial charge < -0.3 is 10.1 Å². The van der Waals surface area contributed by atoms with Gasteiger partial charge in [-0.25, -0.2) is 0 Å². The van der Waals surface area contributed by atoms with E-state index in [1.165, 1.54) is 3.57 Å². The molecule has 2 rings (SSSR count). The van der Waals surface area contributed by atoms with Crippen molar-refractivity contribution in [3.05, 3.63) is 33.4 Å². The van der Waals surface area contributed by atoms with Gasteiger partial charge in [0.2, 0.25) is 0 Å². The van der Waals surface area contributed by atoms with Gasteiger partial charge in [0, 0.05) is 16.0 Å². The predicted molar refractivity (Wildman–Crippen MR) is 75.0 cm³/mol. The van der Waals surface area contributed by atoms with Crippen LogP contribution >= 0.6 is 22.6 Å². The van der Waals surface area contributed by atoms with E-state index >= 15 is 0 Å². The van der Waals surface area contributed by atoms with E-state index in [0.717, 1.165) is 5.56 Å². The molecule has 0 spiro atoms. The van der Waals surface area contributed by atoms with Crippen molar-refractivity contribution in [2.75, 3.05) is 20.3 Å². The Hall–Kier alpha value is -0.460. The summed E-state index contributed by atoms with van der Waals surface area (Å²) in [5.74, 6) is 0.266. The lowest BCUT2D eigenvalue weighted by atomic mass is 9.94. The largest absolute Gasteiger partial charge is 0.379 e. The number of likely N-dealkylation sites (N-methyl/N-ethyl adjacent to an activating group) is 1. The number of carbonyl (C=O) groups excluding carboxylic acids is 1. The lowest BCUT2D eigenvalue weighted by molar-refractivity contribution is -0.122. The quantitative estimate of drug-likeness (QED) is 0.844. The van der Waals surface area contributed by atoms with Gasteiger partial charge in [-0.05, 0) is 47.3 Å². The Morgan fingerprint density at radius 1 is 1.41 bits per heavy atom. The van der Waals surface area contributed by atoms with E-state index in [4.69, 9.17) is 4.74 Å². The lowest BCUT2D eigenvalue weighted by Crippen LogP contribution is -2.37. The maximum Gasteiger partial charge on any atom is 0.144 e. The summed E-state index contributed by atoms with van der Waals surface area (Å²) in [7, 11) is 1.88. The Bertz CT molecular complexity index is 391. The van der Waals surface area contributed by atoms with Gasteiger partial charge in [-0.15, -0.1) is 0 Å². The maximum absolute atomic E-state index is 12.1. The van der Waals surface area contributed by atoms with Crippen LogP contribution in [0.25, 0.3) is 0 Å². The summed E-state index contributed by atoms with van der Waals surface area (Å²) < 4.78 is 6.54. The third kappa shape index (κ3) is 3.26. The number of benzene rings is 1. The van der Waals surface area contributed by atoms with Crippen molar-refractivity contribution in [1.29, 1.82) is 0 Å². The number of halogens is 1. The summed E-state index contributed by atoms with van der Waals surface area (Å²) in [6.45, 7) is 1.19. The molecule has 1 saturated heterocycles. The van der Waals surface area contributed by atoms with Gasteiger partial charge in [0.25, 0.3) is 0 Å². The highest BCUT2D eigenvalue weighted by Gasteiger charge is 2.32. The van der Waals surface area contributed by atoms with E-state index in [0.29, 0.717) is 19.6 Å². The average molecular weight is 345 g/mol. The van der Waals surface area contributed by atoms with Gasteiger partial charge in [-0.1, -0.05) is 12.1 Å². The first-order valence-electron chi connectivity index (χ1n) is 5.73. The molecule has 0 aromatic heterocycles. The highest BCUT2D eigenvalue weighted by atomic mass is 127. The van der Waals surface area contributed by atoms with E-state index in [1.807, 2.05) is 31.3 Å². The van der Waals surface area contributed by atoms with Crippen LogP contribution in [0.2, 0.25) is 0 Å². The second kappa shape index (κ2) is 5.93. The molecule has 1 heterocycles. The zero-order valence-electron chi connectivity index (χ0n) is 9.78. The molecule has 0 aliphatic carbocycles. The number of hydrogen-bond acceptors (Lipinski definition) is 3. The van der Waals surface area contributed by atoms with Gasteiger partial charge in [0.1, 0.15) is 5.78 Å². The number of ketones is 1. The predicted octanol–water partition coefficient (Wildman–Crippen LogP) is 1.64. The Morgan fingerprint density at radius 3 is 2.76 bits per heavy atom. The zero-order chi connectivity index (χ0) is 12.3. The van der Waals surface area contributed by atoms with Crippen molar-refractivity contribution in [2.45, 2.75) is 12.5 Å². The van der Waals surface area contributed by atoms with E-state index in [-0.39, 0.29) is 17.7 Å². The Labute approximate surface area is 115 Å². The molecule has 3 nitrogen and oxygen atoms in total. The van der Waals surface area contributed by atoms with E-state index < -0.39 is 0 Å². The second-order valence-electron chi connectivity index (χ2n) is 4.31. The van der Waals surface area contributed by atoms with Crippen molar-refractivity contribution in [3.8, 4) is 0 Å². The molecule has 0 amide bonds. The topological polar surface area (TPSA) is 38.3 Å². The van der Waals surface area contributed by atoms with Crippen LogP contribution < -0.4 is 5.32 Å². The van der Waals surface area contributed by atoms with Crippen LogP contribution in [0.5, 0.6) is 0 Å². The molecule has 0 saturated carbocycles. The van der Waals surface area contributed by atoms with Crippen molar-refractivity contribution < 1.29 is 9.53 Å². The van der Waals surface area contributed by atoms with Crippen LogP contribution in [0, 0.1) is 9.49 Å². The van der Waals surface area contributed by atoms with Crippen LogP contribution in [0.4, 0.5) is 0 Å². The molecule has 1 fully saturated rings. The fourth-order valence-corrected chi connectivity index (χ4v) is 2.45. The normalized spacial score (nSPS) is 23.9. The van der Waals surface area contributed by atoms with Crippen molar-refractivity contribution in [1.82, 2.24) is 5.32 Å². The van der Waals surface area contributed by atoms with E-state index in [9.17, 15) is 4.79 Å². The van der Waals surface area contributed by atoms with Crippen LogP contribution in [-0.4, -0.2) is 32.1 Å². The molecular weight excluding hydrogens is 329 g/mol. The van der Waals surface area contributed by atoms with E-state index in [2.05, 4.69) is 27.9 Å². The second-order valence-corrected chi connectivity index (χ2v) is 5.55. The number of rotatable bonds is 4. The third-order valence-corrected chi connectivity index (χ3v) is 3.88. The first-order valence-corrected chi connectivity index (χ1v) is 6.80. The van der Waals surface area contributed by atoms with E-state index in [1.54, 1.807) is 0 Å². The minimum absolute atomic E-state index is 0.000668. The fraction of sp³-hybridized carbons (Fsp3) is 0.462. The first kappa shape index (κ1) is 13.0. The van der Waals surface area contributed by atoms with Crippen LogP contribution in [-0.2, 0) is 16.0 Å². The van der Waals surface area contributed by atoms with Gasteiger partial charge in [0.15, 0.2) is 0 Å². The van der Waals surface area contributed by atoms with Crippen molar-refractivity contribution in [2.24, 2.45) is 5.92 Å². The number of Topliss-reactive ketones (excluding diaryl/α,β-unsaturated/α-hetero) is 1. The summed E-state index contributed by atoms with van der Waals surface area (Å²) in [4.78, 5) is 12.1. The SMILES string of the molecule is CNC1COCC1C(=O)Cc1ccc(I)cc1. The first-order chi connectivity index (χ1) is 8.20. The highest BCUT2D eigenvalue weighted by Crippen LogP contribution is 2.17. The highest BCUT2D eigenvalue weighted by molar-refractivity contribution is 14.1. The molecule has 1 aliphatic heterocycles. The molecule has 0 bridgehead atoms. The fourth-order valence-electron chi connectivity index (χ4n) is 2.09. The van der Waals surface area contributed by atoms with Gasteiger partial charge in [-0.3, -0.25) is 4.79 Å². The third-order valence-electron chi connectivity index (χ3n) is 3.16. The van der Waals surface area contributed by atoms with Crippen molar-refractivity contribution >= 4 is 28.4 Å². The Balaban J connectivity index is 1.99. The Kier molecular flexibility index (Phi) is 4.53. The number of carbonyl (C=O) groups is 1. The number of nitrogens with one attached hydrogen (secondary N) is 1. The summed E-state index contributed by atoms with van der Waals surface area (Å²) in [5.41, 5.74) is 1.08. The molecule has 1 aromatic carbocycles. The number of ether oxygens (including phenoxy) is 1. The van der Waals surface area contributed by atoms with Crippen LogP contribution in [0.1, 0.15) is 5.56 Å². The van der Waals surface area contributed by atoms with Gasteiger partial charge in [-0.2, -0.15) is 0 Å². The van der Waals surface area contributed by atoms with Crippen LogP contribution in [0.3, 0.4) is 0 Å². The molecule has 2 atom stereocenters. The summed E-state index contributed by atoms with van der Waals surface area (Å²) in [6, 6.07) is 8.27.